The lowest BCUT2D eigenvalue weighted by Crippen LogP contribution is -2.65. The summed E-state index contributed by atoms with van der Waals surface area (Å²) >= 11 is 0. The Hall–Kier alpha value is -8.67. The van der Waals surface area contributed by atoms with Crippen LogP contribution in [0.25, 0.3) is 21.9 Å². The summed E-state index contributed by atoms with van der Waals surface area (Å²) in [6.45, 7) is -0.147. The maximum Gasteiger partial charge on any atom is 0.252 e. The van der Waals surface area contributed by atoms with Crippen molar-refractivity contribution in [3.8, 4) is 0 Å². The van der Waals surface area contributed by atoms with Crippen LogP contribution in [0.4, 0.5) is 68.2 Å². The molecule has 0 saturated carbocycles. The number of fused-ring (bicyclic) bond motifs is 12. The molecule has 67 heavy (non-hydrogen) atoms. The van der Waals surface area contributed by atoms with Gasteiger partial charge in [-0.2, -0.15) is 0 Å². The fourth-order valence-corrected chi connectivity index (χ4v) is 12.0. The molecule has 0 fully saturated rings. The normalized spacial score (nSPS) is 13.8. The zero-order chi connectivity index (χ0) is 43.7. The molecule has 0 radical (unpaired) electrons. The number of hydrogen-bond donors (Lipinski definition) is 0. The van der Waals surface area contributed by atoms with Gasteiger partial charge in [0.25, 0.3) is 13.4 Å². The van der Waals surface area contributed by atoms with Crippen molar-refractivity contribution in [2.75, 3.05) is 19.6 Å². The maximum absolute atomic E-state index is 7.01. The van der Waals surface area contributed by atoms with Gasteiger partial charge in [-0.25, -0.2) is 0 Å². The molecule has 4 aliphatic heterocycles. The second-order valence-electron chi connectivity index (χ2n) is 18.0. The topological polar surface area (TPSA) is 26.1 Å². The monoisotopic (exact) mass is 852 g/mol. The van der Waals surface area contributed by atoms with Crippen molar-refractivity contribution in [1.29, 1.82) is 0 Å². The van der Waals surface area contributed by atoms with Gasteiger partial charge in [0.1, 0.15) is 5.58 Å². The van der Waals surface area contributed by atoms with E-state index in [0.29, 0.717) is 0 Å². The minimum Gasteiger partial charge on any atom is -0.454 e. The van der Waals surface area contributed by atoms with E-state index in [1.54, 1.807) is 0 Å². The molecule has 0 saturated heterocycles. The minimum atomic E-state index is -0.111. The van der Waals surface area contributed by atoms with E-state index >= 15 is 0 Å². The molecule has 0 unspecified atom stereocenters. The van der Waals surface area contributed by atoms with Gasteiger partial charge in [-0.05, 0) is 124 Å². The zero-order valence-electron chi connectivity index (χ0n) is 36.3. The van der Waals surface area contributed by atoms with Gasteiger partial charge in [-0.15, -0.1) is 0 Å². The van der Waals surface area contributed by atoms with Crippen molar-refractivity contribution in [2.24, 2.45) is 0 Å². The molecule has 0 atom stereocenters. The van der Waals surface area contributed by atoms with Crippen molar-refractivity contribution >= 4 is 136 Å². The van der Waals surface area contributed by atoms with Crippen molar-refractivity contribution in [1.82, 2.24) is 0 Å². The third-order valence-corrected chi connectivity index (χ3v) is 14.6. The predicted molar refractivity (Wildman–Crippen MR) is 282 cm³/mol. The lowest BCUT2D eigenvalue weighted by atomic mass is 9.30. The highest BCUT2D eigenvalue weighted by Crippen LogP contribution is 2.49. The van der Waals surface area contributed by atoms with E-state index in [9.17, 15) is 0 Å². The fraction of sp³-hybridized carbons (Fsp3) is 0. The first-order chi connectivity index (χ1) is 33.3. The van der Waals surface area contributed by atoms with Crippen LogP contribution >= 0.6 is 0 Å². The lowest BCUT2D eigenvalue weighted by Gasteiger charge is -2.47. The van der Waals surface area contributed by atoms with Gasteiger partial charge < -0.3 is 24.0 Å². The maximum atomic E-state index is 7.01. The SMILES string of the molecule is c1ccc(N2c3ccccc3B3c4cc5c(cc4N(c4ccccc4)c4cccc2c43)N(c2ccccc2)c2cccc3c2B5c2ccc4c(oc5ccccc54)c2N3c2ccccc2)cc1. The van der Waals surface area contributed by atoms with Gasteiger partial charge in [0.05, 0.1) is 5.69 Å². The van der Waals surface area contributed by atoms with Gasteiger partial charge in [-0.1, -0.05) is 140 Å². The number of anilines is 12. The van der Waals surface area contributed by atoms with Crippen molar-refractivity contribution in [2.45, 2.75) is 0 Å². The molecule has 11 aromatic rings. The molecule has 7 heteroatoms. The largest absolute Gasteiger partial charge is 0.454 e. The fourth-order valence-electron chi connectivity index (χ4n) is 12.0. The Labute approximate surface area is 389 Å². The van der Waals surface area contributed by atoms with Gasteiger partial charge in [0, 0.05) is 73.3 Å². The summed E-state index contributed by atoms with van der Waals surface area (Å²) in [7, 11) is 0. The van der Waals surface area contributed by atoms with Crippen LogP contribution in [-0.2, 0) is 0 Å². The van der Waals surface area contributed by atoms with Crippen molar-refractivity contribution in [3.05, 3.63) is 231 Å². The Balaban J connectivity index is 1.07. The first kappa shape index (κ1) is 36.6. The van der Waals surface area contributed by atoms with E-state index in [1.807, 2.05) is 0 Å². The van der Waals surface area contributed by atoms with Crippen molar-refractivity contribution < 1.29 is 4.42 Å². The highest BCUT2D eigenvalue weighted by Gasteiger charge is 2.48. The lowest BCUT2D eigenvalue weighted by molar-refractivity contribution is 0.669. The van der Waals surface area contributed by atoms with Crippen LogP contribution in [0.1, 0.15) is 0 Å². The molecule has 0 N–H and O–H groups in total. The quantitative estimate of drug-likeness (QED) is 0.164. The molecule has 15 rings (SSSR count). The first-order valence-electron chi connectivity index (χ1n) is 23.2. The van der Waals surface area contributed by atoms with Crippen LogP contribution in [-0.4, -0.2) is 13.4 Å². The summed E-state index contributed by atoms with van der Waals surface area (Å²) in [5, 5.41) is 2.24. The summed E-state index contributed by atoms with van der Waals surface area (Å²) in [6.07, 6.45) is 0. The molecule has 0 bridgehead atoms. The van der Waals surface area contributed by atoms with Gasteiger partial charge in [0.15, 0.2) is 5.58 Å². The van der Waals surface area contributed by atoms with E-state index < -0.39 is 0 Å². The molecule has 4 aliphatic rings. The molecule has 0 spiro atoms. The summed E-state index contributed by atoms with van der Waals surface area (Å²) in [5.74, 6) is 0. The zero-order valence-corrected chi connectivity index (χ0v) is 36.3. The van der Waals surface area contributed by atoms with Crippen LogP contribution in [0.3, 0.4) is 0 Å². The smallest absolute Gasteiger partial charge is 0.252 e. The van der Waals surface area contributed by atoms with E-state index in [2.05, 4.69) is 250 Å². The summed E-state index contributed by atoms with van der Waals surface area (Å²) in [4.78, 5) is 9.95. The predicted octanol–water partition coefficient (Wildman–Crippen LogP) is 11.8. The molecule has 310 valence electrons. The molecule has 1 aromatic heterocycles. The molecule has 5 nitrogen and oxygen atoms in total. The average molecular weight is 853 g/mol. The second-order valence-corrected chi connectivity index (χ2v) is 18.0. The summed E-state index contributed by atoms with van der Waals surface area (Å²) < 4.78 is 7.01. The number of benzene rings is 10. The first-order valence-corrected chi connectivity index (χ1v) is 23.2. The van der Waals surface area contributed by atoms with E-state index in [1.165, 1.54) is 66.9 Å². The highest BCUT2D eigenvalue weighted by atomic mass is 16.3. The van der Waals surface area contributed by atoms with Crippen LogP contribution in [0.15, 0.2) is 235 Å². The molecule has 5 heterocycles. The molecule has 10 aromatic carbocycles. The van der Waals surface area contributed by atoms with Crippen LogP contribution < -0.4 is 52.4 Å². The summed E-state index contributed by atoms with van der Waals surface area (Å²) in [5.41, 5.74) is 23.3. The summed E-state index contributed by atoms with van der Waals surface area (Å²) in [6, 6.07) is 84.5. The number of para-hydroxylation sites is 6. The highest BCUT2D eigenvalue weighted by molar-refractivity contribution is 7.03. The Morgan fingerprint density at radius 2 is 0.716 bits per heavy atom. The van der Waals surface area contributed by atoms with Crippen LogP contribution in [0.5, 0.6) is 0 Å². The molecular weight excluding hydrogens is 814 g/mol. The Morgan fingerprint density at radius 3 is 1.28 bits per heavy atom. The van der Waals surface area contributed by atoms with Crippen LogP contribution in [0.2, 0.25) is 0 Å². The number of nitrogens with zero attached hydrogens (tertiary/aromatic N) is 4. The van der Waals surface area contributed by atoms with Gasteiger partial charge in [-0.3, -0.25) is 0 Å². The molecule has 0 aliphatic carbocycles. The van der Waals surface area contributed by atoms with E-state index in [0.717, 1.165) is 56.1 Å². The number of hydrogen-bond acceptors (Lipinski definition) is 5. The Morgan fingerprint density at radius 1 is 0.284 bits per heavy atom. The van der Waals surface area contributed by atoms with Crippen LogP contribution in [0, 0.1) is 0 Å². The molecular formula is C60H38B2N4O. The standard InChI is InChI=1S/C60H38B2N4O/c1-5-19-39(20-6-1)63-49-29-15-14-28-45(49)61-47-37-48-55(38-54(47)64(40-21-7-2-8-22-40)51-31-17-30-50(63)57(51)61)65(41-23-9-3-10-24-41)52-32-18-33-53-58(52)62(48)46-36-35-44-43-27-13-16-34-56(43)67-60(44)59(46)66(53)42-25-11-4-12-26-42/h1-38H. The number of rotatable bonds is 4. The van der Waals surface area contributed by atoms with Gasteiger partial charge >= 0.3 is 0 Å². The van der Waals surface area contributed by atoms with Gasteiger partial charge in [0.2, 0.25) is 0 Å². The van der Waals surface area contributed by atoms with E-state index in [4.69, 9.17) is 4.42 Å². The Kier molecular flexibility index (Phi) is 7.61. The molecule has 0 amide bonds. The number of furan rings is 1. The average Bonchev–Trinajstić information content (AvgIpc) is 3.78. The van der Waals surface area contributed by atoms with Crippen molar-refractivity contribution in [3.63, 3.8) is 0 Å². The second kappa shape index (κ2) is 13.9. The Bertz CT molecular complexity index is 3800. The third-order valence-electron chi connectivity index (χ3n) is 14.6. The van der Waals surface area contributed by atoms with E-state index in [-0.39, 0.29) is 13.4 Å². The minimum absolute atomic E-state index is 0.0360. The third kappa shape index (κ3) is 5.06.